The van der Waals surface area contributed by atoms with E-state index in [9.17, 15) is 0 Å². The summed E-state index contributed by atoms with van der Waals surface area (Å²) in [7, 11) is 0. The Kier molecular flexibility index (Phi) is 49.7. The maximum absolute atomic E-state index is 8.17. The molecule has 0 aromatic carbocycles. The van der Waals surface area contributed by atoms with Crippen LogP contribution in [0.4, 0.5) is 0 Å². The van der Waals surface area contributed by atoms with Gasteiger partial charge in [0.2, 0.25) is 0 Å². The standard InChI is InChI=1S/4C3H8O3.H2O2/c4*4-1-3(6)2-5;1-2/h4*3-6H,1-2H2;1-2H. The fourth-order valence-corrected chi connectivity index (χ4v) is 0.231. The lowest BCUT2D eigenvalue weighted by Crippen LogP contribution is -2.15. The second-order valence-electron chi connectivity index (χ2n) is 4.08. The molecule has 14 nitrogen and oxygen atoms in total. The molecule has 0 atom stereocenters. The molecule has 0 bridgehead atoms. The van der Waals surface area contributed by atoms with Gasteiger partial charge in [0.1, 0.15) is 24.4 Å². The first-order chi connectivity index (χ1) is 12.2. The largest absolute Gasteiger partial charge is 0.394 e. The van der Waals surface area contributed by atoms with Crippen molar-refractivity contribution in [3.05, 3.63) is 0 Å². The van der Waals surface area contributed by atoms with Gasteiger partial charge in [0.25, 0.3) is 0 Å². The number of hydrogen-bond acceptors (Lipinski definition) is 14. The summed E-state index contributed by atoms with van der Waals surface area (Å²) in [5.74, 6) is 0. The molecule has 26 heavy (non-hydrogen) atoms. The van der Waals surface area contributed by atoms with Crippen molar-refractivity contribution in [3.8, 4) is 0 Å². The van der Waals surface area contributed by atoms with E-state index in [0.717, 1.165) is 0 Å². The molecule has 0 unspecified atom stereocenters. The normalized spacial score (nSPS) is 9.46. The summed E-state index contributed by atoms with van der Waals surface area (Å²) in [5.41, 5.74) is 0. The van der Waals surface area contributed by atoms with Crippen molar-refractivity contribution in [3.63, 3.8) is 0 Å². The molecule has 0 aliphatic carbocycles. The molecular formula is C12H34O14. The number of rotatable bonds is 8. The van der Waals surface area contributed by atoms with Crippen molar-refractivity contribution in [2.24, 2.45) is 0 Å². The topological polar surface area (TPSA) is 283 Å². The van der Waals surface area contributed by atoms with Gasteiger partial charge in [-0.2, -0.15) is 0 Å². The molecule has 0 rings (SSSR count). The van der Waals surface area contributed by atoms with Crippen LogP contribution in [-0.4, -0.2) is 149 Å². The first-order valence-electron chi connectivity index (χ1n) is 7.03. The quantitative estimate of drug-likeness (QED) is 0.133. The van der Waals surface area contributed by atoms with E-state index in [1.165, 1.54) is 0 Å². The molecule has 0 amide bonds. The summed E-state index contributed by atoms with van der Waals surface area (Å²) in [6, 6.07) is 0. The van der Waals surface area contributed by atoms with E-state index in [4.69, 9.17) is 71.8 Å². The van der Waals surface area contributed by atoms with Gasteiger partial charge in [-0.15, -0.1) is 0 Å². The van der Waals surface area contributed by atoms with E-state index >= 15 is 0 Å². The average Bonchev–Trinajstić information content (AvgIpc) is 2.73. The van der Waals surface area contributed by atoms with Crippen LogP contribution in [-0.2, 0) is 0 Å². The van der Waals surface area contributed by atoms with Crippen LogP contribution >= 0.6 is 0 Å². The highest BCUT2D eigenvalue weighted by Crippen LogP contribution is 1.73. The Bertz CT molecular complexity index is 143. The highest BCUT2D eigenvalue weighted by atomic mass is 17.0. The van der Waals surface area contributed by atoms with Crippen LogP contribution in [0.1, 0.15) is 0 Å². The van der Waals surface area contributed by atoms with Crippen molar-refractivity contribution >= 4 is 0 Å². The first-order valence-corrected chi connectivity index (χ1v) is 7.03. The summed E-state index contributed by atoms with van der Waals surface area (Å²) in [4.78, 5) is 0. The van der Waals surface area contributed by atoms with Gasteiger partial charge in [-0.3, -0.25) is 10.5 Å². The van der Waals surface area contributed by atoms with Gasteiger partial charge in [0, 0.05) is 0 Å². The Hall–Kier alpha value is -0.560. The van der Waals surface area contributed by atoms with Gasteiger partial charge >= 0.3 is 0 Å². The van der Waals surface area contributed by atoms with E-state index in [0.29, 0.717) is 0 Å². The van der Waals surface area contributed by atoms with Crippen LogP contribution in [0.15, 0.2) is 0 Å². The molecule has 0 heterocycles. The molecule has 0 saturated carbocycles. The molecular weight excluding hydrogens is 368 g/mol. The molecule has 0 aliphatic rings. The number of aliphatic hydroxyl groups is 12. The first kappa shape index (κ1) is 36.4. The Morgan fingerprint density at radius 1 is 0.308 bits per heavy atom. The van der Waals surface area contributed by atoms with E-state index in [1.54, 1.807) is 0 Å². The molecule has 0 aromatic heterocycles. The lowest BCUT2D eigenvalue weighted by molar-refractivity contribution is -0.176. The Balaban J connectivity index is -0.0000000729. The van der Waals surface area contributed by atoms with E-state index < -0.39 is 24.4 Å². The Morgan fingerprint density at radius 2 is 0.385 bits per heavy atom. The maximum atomic E-state index is 8.17. The third-order valence-corrected chi connectivity index (χ3v) is 1.69. The van der Waals surface area contributed by atoms with E-state index in [2.05, 4.69) is 0 Å². The van der Waals surface area contributed by atoms with E-state index in [1.807, 2.05) is 0 Å². The van der Waals surface area contributed by atoms with Crippen molar-refractivity contribution < 1.29 is 71.8 Å². The zero-order valence-corrected chi connectivity index (χ0v) is 14.2. The summed E-state index contributed by atoms with van der Waals surface area (Å²) >= 11 is 0. The van der Waals surface area contributed by atoms with Crippen molar-refractivity contribution in [1.82, 2.24) is 0 Å². The summed E-state index contributed by atoms with van der Waals surface area (Å²) in [6.07, 6.45) is -3.81. The second kappa shape index (κ2) is 35.5. The molecule has 0 radical (unpaired) electrons. The molecule has 0 saturated heterocycles. The monoisotopic (exact) mass is 402 g/mol. The summed E-state index contributed by atoms with van der Waals surface area (Å²) in [6.45, 7) is -2.92. The van der Waals surface area contributed by atoms with Crippen LogP contribution in [0, 0.1) is 0 Å². The van der Waals surface area contributed by atoms with Crippen molar-refractivity contribution in [2.75, 3.05) is 52.9 Å². The third kappa shape index (κ3) is 49.5. The fraction of sp³-hybridized carbons (Fsp3) is 1.00. The lowest BCUT2D eigenvalue weighted by Gasteiger charge is -1.96. The average molecular weight is 402 g/mol. The minimum absolute atomic E-state index is 0.365. The van der Waals surface area contributed by atoms with Gasteiger partial charge in [-0.1, -0.05) is 0 Å². The Labute approximate surface area is 150 Å². The smallest absolute Gasteiger partial charge is 0.100 e. The van der Waals surface area contributed by atoms with Gasteiger partial charge in [0.05, 0.1) is 52.9 Å². The van der Waals surface area contributed by atoms with Gasteiger partial charge in [-0.05, 0) is 0 Å². The molecule has 0 aromatic rings. The molecule has 14 N–H and O–H groups in total. The van der Waals surface area contributed by atoms with Crippen LogP contribution in [0.2, 0.25) is 0 Å². The third-order valence-electron chi connectivity index (χ3n) is 1.69. The van der Waals surface area contributed by atoms with E-state index in [-0.39, 0.29) is 52.9 Å². The number of hydrogen-bond donors (Lipinski definition) is 14. The van der Waals surface area contributed by atoms with Crippen molar-refractivity contribution in [1.29, 1.82) is 0 Å². The van der Waals surface area contributed by atoms with Crippen molar-refractivity contribution in [2.45, 2.75) is 24.4 Å². The van der Waals surface area contributed by atoms with Crippen LogP contribution in [0.5, 0.6) is 0 Å². The van der Waals surface area contributed by atoms with Gasteiger partial charge in [-0.25, -0.2) is 0 Å². The van der Waals surface area contributed by atoms with Crippen LogP contribution in [0.3, 0.4) is 0 Å². The molecule has 0 aliphatic heterocycles. The highest BCUT2D eigenvalue weighted by Gasteiger charge is 1.95. The summed E-state index contributed by atoms with van der Waals surface area (Å²) in [5, 5.41) is 108. The fourth-order valence-electron chi connectivity index (χ4n) is 0.231. The van der Waals surface area contributed by atoms with Gasteiger partial charge in [0.15, 0.2) is 0 Å². The molecule has 14 heteroatoms. The Morgan fingerprint density at radius 3 is 0.385 bits per heavy atom. The SMILES string of the molecule is OCC(O)CO.OCC(O)CO.OCC(O)CO.OCC(O)CO.OO. The zero-order chi connectivity index (χ0) is 22.0. The summed E-state index contributed by atoms with van der Waals surface area (Å²) < 4.78 is 0. The highest BCUT2D eigenvalue weighted by molar-refractivity contribution is 4.45. The molecule has 0 fully saturated rings. The van der Waals surface area contributed by atoms with Crippen LogP contribution in [0.25, 0.3) is 0 Å². The van der Waals surface area contributed by atoms with Gasteiger partial charge < -0.3 is 61.3 Å². The lowest BCUT2D eigenvalue weighted by atomic mass is 10.4. The molecule has 166 valence electrons. The molecule has 0 spiro atoms. The zero-order valence-electron chi connectivity index (χ0n) is 14.2. The predicted molar refractivity (Wildman–Crippen MR) is 86.0 cm³/mol. The van der Waals surface area contributed by atoms with Crippen LogP contribution < -0.4 is 0 Å². The predicted octanol–water partition coefficient (Wildman–Crippen LogP) is -6.65. The maximum Gasteiger partial charge on any atom is 0.100 e. The minimum Gasteiger partial charge on any atom is -0.394 e. The number of aliphatic hydroxyl groups excluding tert-OH is 12. The minimum atomic E-state index is -0.954. The second-order valence-corrected chi connectivity index (χ2v) is 4.08.